The number of carbonyl (C=O) groups excluding carboxylic acids is 1. The summed E-state index contributed by atoms with van der Waals surface area (Å²) in [5, 5.41) is 12.7. The number of amides is 1. The molecule has 3 rings (SSSR count). The van der Waals surface area contributed by atoms with Gasteiger partial charge >= 0.3 is 5.97 Å². The van der Waals surface area contributed by atoms with Crippen LogP contribution in [-0.2, 0) is 0 Å². The Morgan fingerprint density at radius 2 is 1.85 bits per heavy atom. The van der Waals surface area contributed by atoms with Crippen LogP contribution in [-0.4, -0.2) is 30.1 Å². The van der Waals surface area contributed by atoms with E-state index in [2.05, 4.69) is 17.1 Å². The minimum absolute atomic E-state index is 0.144. The van der Waals surface area contributed by atoms with Gasteiger partial charge in [-0.15, -0.1) is 0 Å². The standard InChI is InChI=1S/C20H21ClN2O3/c1-13-3-2-10-23(12-13)18-9-6-15(20(25)26)11-17(18)22-19(24)14-4-7-16(21)8-5-14/h4-9,11,13H,2-3,10,12H2,1H3,(H,22,24)(H,25,26)/t13-/m1/s1. The number of halogens is 1. The molecule has 0 radical (unpaired) electrons. The molecule has 0 aliphatic carbocycles. The fraction of sp³-hybridized carbons (Fsp3) is 0.300. The fourth-order valence-electron chi connectivity index (χ4n) is 3.25. The molecule has 1 aliphatic rings. The van der Waals surface area contributed by atoms with Gasteiger partial charge in [0.05, 0.1) is 16.9 Å². The van der Waals surface area contributed by atoms with Crippen LogP contribution >= 0.6 is 11.6 Å². The summed E-state index contributed by atoms with van der Waals surface area (Å²) >= 11 is 5.87. The van der Waals surface area contributed by atoms with Gasteiger partial charge in [0.15, 0.2) is 0 Å². The Morgan fingerprint density at radius 3 is 2.50 bits per heavy atom. The molecule has 5 nitrogen and oxygen atoms in total. The Kier molecular flexibility index (Phi) is 5.47. The van der Waals surface area contributed by atoms with E-state index in [1.165, 1.54) is 12.5 Å². The zero-order chi connectivity index (χ0) is 18.7. The SMILES string of the molecule is C[C@@H]1CCCN(c2ccc(C(=O)O)cc2NC(=O)c2ccc(Cl)cc2)C1. The maximum absolute atomic E-state index is 12.6. The van der Waals surface area contributed by atoms with Gasteiger partial charge in [-0.2, -0.15) is 0 Å². The third kappa shape index (κ3) is 4.17. The summed E-state index contributed by atoms with van der Waals surface area (Å²) < 4.78 is 0. The van der Waals surface area contributed by atoms with Crippen molar-refractivity contribution in [2.45, 2.75) is 19.8 Å². The van der Waals surface area contributed by atoms with Crippen LogP contribution in [0.1, 0.15) is 40.5 Å². The Morgan fingerprint density at radius 1 is 1.15 bits per heavy atom. The number of nitrogens with zero attached hydrogens (tertiary/aromatic N) is 1. The molecule has 0 unspecified atom stereocenters. The Labute approximate surface area is 157 Å². The number of aromatic carboxylic acids is 1. The Hall–Kier alpha value is -2.53. The van der Waals surface area contributed by atoms with Crippen molar-refractivity contribution in [2.75, 3.05) is 23.3 Å². The molecule has 6 heteroatoms. The summed E-state index contributed by atoms with van der Waals surface area (Å²) in [6.07, 6.45) is 2.25. The summed E-state index contributed by atoms with van der Waals surface area (Å²) in [6.45, 7) is 3.97. The molecule has 1 amide bonds. The van der Waals surface area contributed by atoms with E-state index in [0.717, 1.165) is 25.2 Å². The first-order valence-corrected chi connectivity index (χ1v) is 9.01. The molecule has 2 N–H and O–H groups in total. The van der Waals surface area contributed by atoms with Gasteiger partial charge in [0, 0.05) is 23.7 Å². The molecule has 136 valence electrons. The van der Waals surface area contributed by atoms with Crippen LogP contribution in [0.3, 0.4) is 0 Å². The lowest BCUT2D eigenvalue weighted by atomic mass is 9.99. The van der Waals surface area contributed by atoms with Crippen LogP contribution in [0.4, 0.5) is 11.4 Å². The largest absolute Gasteiger partial charge is 0.478 e. The average molecular weight is 373 g/mol. The molecular formula is C20H21ClN2O3. The smallest absolute Gasteiger partial charge is 0.335 e. The van der Waals surface area contributed by atoms with Gasteiger partial charge in [-0.05, 0) is 61.2 Å². The molecule has 0 aromatic heterocycles. The van der Waals surface area contributed by atoms with E-state index in [0.29, 0.717) is 22.2 Å². The first-order valence-electron chi connectivity index (χ1n) is 8.63. The number of carboxylic acid groups (broad SMARTS) is 1. The van der Waals surface area contributed by atoms with Crippen molar-refractivity contribution in [3.8, 4) is 0 Å². The minimum Gasteiger partial charge on any atom is -0.478 e. The van der Waals surface area contributed by atoms with E-state index < -0.39 is 5.97 Å². The maximum Gasteiger partial charge on any atom is 0.335 e. The average Bonchev–Trinajstić information content (AvgIpc) is 2.62. The second kappa shape index (κ2) is 7.79. The fourth-order valence-corrected chi connectivity index (χ4v) is 3.37. The topological polar surface area (TPSA) is 69.6 Å². The third-order valence-corrected chi connectivity index (χ3v) is 4.85. The van der Waals surface area contributed by atoms with Gasteiger partial charge in [0.25, 0.3) is 5.91 Å². The number of piperidine rings is 1. The number of benzene rings is 2. The zero-order valence-electron chi connectivity index (χ0n) is 14.5. The lowest BCUT2D eigenvalue weighted by Gasteiger charge is -2.34. The van der Waals surface area contributed by atoms with E-state index in [4.69, 9.17) is 11.6 Å². The molecule has 2 aromatic rings. The number of nitrogens with one attached hydrogen (secondary N) is 1. The molecule has 2 aromatic carbocycles. The summed E-state index contributed by atoms with van der Waals surface area (Å²) in [5.41, 5.74) is 1.97. The van der Waals surface area contributed by atoms with Crippen molar-refractivity contribution in [2.24, 2.45) is 5.92 Å². The van der Waals surface area contributed by atoms with Crippen LogP contribution in [0.15, 0.2) is 42.5 Å². The highest BCUT2D eigenvalue weighted by molar-refractivity contribution is 6.30. The number of hydrogen-bond donors (Lipinski definition) is 2. The van der Waals surface area contributed by atoms with Crippen molar-refractivity contribution in [1.29, 1.82) is 0 Å². The van der Waals surface area contributed by atoms with Crippen molar-refractivity contribution < 1.29 is 14.7 Å². The van der Waals surface area contributed by atoms with Crippen LogP contribution < -0.4 is 10.2 Å². The monoisotopic (exact) mass is 372 g/mol. The van der Waals surface area contributed by atoms with E-state index in [1.807, 2.05) is 0 Å². The summed E-state index contributed by atoms with van der Waals surface area (Å²) in [4.78, 5) is 26.1. The number of carboxylic acids is 1. The number of hydrogen-bond acceptors (Lipinski definition) is 3. The number of rotatable bonds is 4. The zero-order valence-corrected chi connectivity index (χ0v) is 15.3. The third-order valence-electron chi connectivity index (χ3n) is 4.60. The molecule has 1 fully saturated rings. The Balaban J connectivity index is 1.91. The van der Waals surface area contributed by atoms with E-state index in [1.54, 1.807) is 36.4 Å². The van der Waals surface area contributed by atoms with Crippen molar-refractivity contribution in [3.63, 3.8) is 0 Å². The minimum atomic E-state index is -1.02. The molecule has 26 heavy (non-hydrogen) atoms. The molecule has 1 saturated heterocycles. The number of anilines is 2. The highest BCUT2D eigenvalue weighted by Crippen LogP contribution is 2.31. The van der Waals surface area contributed by atoms with E-state index in [-0.39, 0.29) is 11.5 Å². The molecule has 0 spiro atoms. The van der Waals surface area contributed by atoms with Crippen LogP contribution in [0.5, 0.6) is 0 Å². The predicted molar refractivity (Wildman–Crippen MR) is 103 cm³/mol. The van der Waals surface area contributed by atoms with Gasteiger partial charge in [0.2, 0.25) is 0 Å². The number of carbonyl (C=O) groups is 2. The van der Waals surface area contributed by atoms with Crippen LogP contribution in [0, 0.1) is 5.92 Å². The second-order valence-corrected chi connectivity index (χ2v) is 7.13. The maximum atomic E-state index is 12.6. The van der Waals surface area contributed by atoms with Crippen LogP contribution in [0.2, 0.25) is 5.02 Å². The lowest BCUT2D eigenvalue weighted by molar-refractivity contribution is 0.0696. The van der Waals surface area contributed by atoms with E-state index in [9.17, 15) is 14.7 Å². The van der Waals surface area contributed by atoms with E-state index >= 15 is 0 Å². The molecular weight excluding hydrogens is 352 g/mol. The first-order chi connectivity index (χ1) is 12.4. The molecule has 1 aliphatic heterocycles. The summed E-state index contributed by atoms with van der Waals surface area (Å²) in [7, 11) is 0. The summed E-state index contributed by atoms with van der Waals surface area (Å²) in [5.74, 6) is -0.760. The highest BCUT2D eigenvalue weighted by Gasteiger charge is 2.21. The van der Waals surface area contributed by atoms with Gasteiger partial charge in [-0.3, -0.25) is 4.79 Å². The van der Waals surface area contributed by atoms with Gasteiger partial charge in [0.1, 0.15) is 0 Å². The predicted octanol–water partition coefficient (Wildman–Crippen LogP) is 4.53. The molecule has 1 heterocycles. The van der Waals surface area contributed by atoms with Crippen molar-refractivity contribution in [3.05, 3.63) is 58.6 Å². The van der Waals surface area contributed by atoms with Crippen molar-refractivity contribution in [1.82, 2.24) is 0 Å². The second-order valence-electron chi connectivity index (χ2n) is 6.69. The summed E-state index contributed by atoms with van der Waals surface area (Å²) in [6, 6.07) is 11.5. The van der Waals surface area contributed by atoms with Gasteiger partial charge in [-0.25, -0.2) is 4.79 Å². The normalized spacial score (nSPS) is 17.0. The lowest BCUT2D eigenvalue weighted by Crippen LogP contribution is -2.35. The van der Waals surface area contributed by atoms with Crippen molar-refractivity contribution >= 4 is 34.9 Å². The quantitative estimate of drug-likeness (QED) is 0.827. The Bertz CT molecular complexity index is 820. The van der Waals surface area contributed by atoms with Crippen LogP contribution in [0.25, 0.3) is 0 Å². The van der Waals surface area contributed by atoms with Gasteiger partial charge in [-0.1, -0.05) is 18.5 Å². The molecule has 0 saturated carbocycles. The highest BCUT2D eigenvalue weighted by atomic mass is 35.5. The molecule has 1 atom stereocenters. The molecule has 0 bridgehead atoms. The first kappa shape index (κ1) is 18.3. The van der Waals surface area contributed by atoms with Gasteiger partial charge < -0.3 is 15.3 Å².